The lowest BCUT2D eigenvalue weighted by atomic mass is 9.93. The van der Waals surface area contributed by atoms with Crippen LogP contribution in [-0.4, -0.2) is 120 Å². The first-order chi connectivity index (χ1) is 17.6. The van der Waals surface area contributed by atoms with E-state index >= 15 is 0 Å². The molecular formula is C24H33NO12. The van der Waals surface area contributed by atoms with Crippen LogP contribution in [-0.2, 0) is 9.47 Å². The molecule has 0 unspecified atom stereocenters. The van der Waals surface area contributed by atoms with Crippen LogP contribution in [0, 0.1) is 10.1 Å². The van der Waals surface area contributed by atoms with Crippen molar-refractivity contribution in [1.29, 1.82) is 0 Å². The van der Waals surface area contributed by atoms with Gasteiger partial charge in [0.05, 0.1) is 35.9 Å². The number of nitro groups is 1. The van der Waals surface area contributed by atoms with Gasteiger partial charge >= 0.3 is 0 Å². The van der Waals surface area contributed by atoms with Gasteiger partial charge in [-0.15, -0.1) is 0 Å². The molecule has 2 aliphatic rings. The molecule has 0 bridgehead atoms. The van der Waals surface area contributed by atoms with Gasteiger partial charge in [0.15, 0.2) is 0 Å². The zero-order valence-corrected chi connectivity index (χ0v) is 19.8. The van der Waals surface area contributed by atoms with Crippen LogP contribution in [0.5, 0.6) is 0 Å². The monoisotopic (exact) mass is 527 g/mol. The first-order valence-corrected chi connectivity index (χ1v) is 11.8. The van der Waals surface area contributed by atoms with E-state index in [1.807, 2.05) is 0 Å². The Morgan fingerprint density at radius 1 is 0.730 bits per heavy atom. The summed E-state index contributed by atoms with van der Waals surface area (Å²) in [5.41, 5.74) is 0.531. The minimum Gasteiger partial charge on any atom is -0.394 e. The summed E-state index contributed by atoms with van der Waals surface area (Å²) in [7, 11) is 0. The summed E-state index contributed by atoms with van der Waals surface area (Å²) in [6, 6.07) is 4.46. The molecule has 0 aromatic heterocycles. The average molecular weight is 528 g/mol. The van der Waals surface area contributed by atoms with Crippen molar-refractivity contribution in [2.24, 2.45) is 0 Å². The van der Waals surface area contributed by atoms with Gasteiger partial charge in [-0.05, 0) is 24.5 Å². The smallest absolute Gasteiger partial charge is 0.277 e. The third-order valence-corrected chi connectivity index (χ3v) is 6.58. The van der Waals surface area contributed by atoms with E-state index in [0.29, 0.717) is 5.56 Å². The number of benzene rings is 1. The molecule has 0 amide bonds. The number of nitro benzene ring substituents is 1. The number of ether oxygens (including phenoxy) is 2. The molecule has 2 saturated heterocycles. The van der Waals surface area contributed by atoms with Crippen LogP contribution >= 0.6 is 0 Å². The molecule has 3 rings (SSSR count). The highest BCUT2D eigenvalue weighted by Gasteiger charge is 2.43. The quantitative estimate of drug-likeness (QED) is 0.130. The molecule has 1 aromatic rings. The second kappa shape index (κ2) is 13.0. The number of aliphatic hydroxyl groups excluding tert-OH is 8. The topological polar surface area (TPSA) is 223 Å². The second-order valence-corrected chi connectivity index (χ2v) is 9.09. The standard InChI is InChI=1S/C24H33NO12/c26-10-17-21(30)23(32)19(28)15(36-17)5-1-3-12-7-8-13(14(9-12)25(34)35)4-2-6-16-20(29)24(33)22(31)18(11-27)37-16/h1-4,7-9,15-24,26-33H,5-6,10-11H2/b3-1+,4-2+/t15-,16-,17-,18-,19-,20+,21-,22-,23-,24-/m1/s1. The van der Waals surface area contributed by atoms with Crippen molar-refractivity contribution in [3.8, 4) is 0 Å². The minimum absolute atomic E-state index is 0.0549. The first kappa shape index (κ1) is 29.3. The Morgan fingerprint density at radius 3 is 1.65 bits per heavy atom. The zero-order valence-electron chi connectivity index (χ0n) is 19.8. The minimum atomic E-state index is -1.51. The molecule has 2 heterocycles. The van der Waals surface area contributed by atoms with E-state index in [0.717, 1.165) is 0 Å². The Morgan fingerprint density at radius 2 is 1.19 bits per heavy atom. The van der Waals surface area contributed by atoms with Crippen LogP contribution in [0.3, 0.4) is 0 Å². The number of hydrogen-bond donors (Lipinski definition) is 8. The SMILES string of the molecule is O=[N+]([O-])c1cc(/C=C/C[C@H]2O[C@H](CO)[C@@H](O)[C@H](O)[C@@H]2O)ccc1/C=C/C[C@H]1O[C@H](CO)[C@@H](O)[C@H](O)[C@H]1O. The van der Waals surface area contributed by atoms with Gasteiger partial charge in [-0.25, -0.2) is 0 Å². The largest absolute Gasteiger partial charge is 0.394 e. The highest BCUT2D eigenvalue weighted by atomic mass is 16.6. The molecule has 13 heteroatoms. The van der Waals surface area contributed by atoms with Gasteiger partial charge in [0.25, 0.3) is 5.69 Å². The zero-order chi connectivity index (χ0) is 27.3. The van der Waals surface area contributed by atoms with E-state index in [1.54, 1.807) is 18.2 Å². The summed E-state index contributed by atoms with van der Waals surface area (Å²) < 4.78 is 10.8. The van der Waals surface area contributed by atoms with Gasteiger partial charge in [-0.3, -0.25) is 10.1 Å². The van der Waals surface area contributed by atoms with Crippen LogP contribution in [0.4, 0.5) is 5.69 Å². The highest BCUT2D eigenvalue weighted by Crippen LogP contribution is 2.27. The van der Waals surface area contributed by atoms with Crippen molar-refractivity contribution in [2.75, 3.05) is 13.2 Å². The molecule has 0 saturated carbocycles. The molecule has 0 spiro atoms. The molecule has 206 valence electrons. The van der Waals surface area contributed by atoms with Crippen LogP contribution < -0.4 is 0 Å². The van der Waals surface area contributed by atoms with Gasteiger partial charge in [-0.1, -0.05) is 30.4 Å². The Labute approximate surface area is 212 Å². The fourth-order valence-electron chi connectivity index (χ4n) is 4.38. The molecule has 2 fully saturated rings. The molecule has 37 heavy (non-hydrogen) atoms. The molecule has 8 N–H and O–H groups in total. The van der Waals surface area contributed by atoms with Gasteiger partial charge in [0, 0.05) is 6.07 Å². The van der Waals surface area contributed by atoms with E-state index in [-0.39, 0.29) is 24.1 Å². The summed E-state index contributed by atoms with van der Waals surface area (Å²) in [6.07, 6.45) is -6.31. The summed E-state index contributed by atoms with van der Waals surface area (Å²) >= 11 is 0. The van der Waals surface area contributed by atoms with Crippen molar-refractivity contribution in [3.05, 3.63) is 51.6 Å². The summed E-state index contributed by atoms with van der Waals surface area (Å²) in [6.45, 7) is -1.09. The number of aliphatic hydroxyl groups is 8. The predicted molar refractivity (Wildman–Crippen MR) is 128 cm³/mol. The summed E-state index contributed by atoms with van der Waals surface area (Å²) in [5.74, 6) is 0. The third-order valence-electron chi connectivity index (χ3n) is 6.58. The maximum absolute atomic E-state index is 11.6. The molecule has 10 atom stereocenters. The maximum atomic E-state index is 11.6. The molecule has 0 radical (unpaired) electrons. The van der Waals surface area contributed by atoms with E-state index in [9.17, 15) is 51.0 Å². The molecule has 13 nitrogen and oxygen atoms in total. The normalized spacial score (nSPS) is 36.9. The second-order valence-electron chi connectivity index (χ2n) is 9.09. The van der Waals surface area contributed by atoms with Crippen LogP contribution in [0.25, 0.3) is 12.2 Å². The van der Waals surface area contributed by atoms with Gasteiger partial charge in [0.2, 0.25) is 0 Å². The Hall–Kier alpha value is -2.30. The molecule has 2 aliphatic heterocycles. The summed E-state index contributed by atoms with van der Waals surface area (Å²) in [5, 5.41) is 89.9. The number of hydrogen-bond acceptors (Lipinski definition) is 12. The summed E-state index contributed by atoms with van der Waals surface area (Å²) in [4.78, 5) is 11.1. The predicted octanol–water partition coefficient (Wildman–Crippen LogP) is -1.91. The maximum Gasteiger partial charge on any atom is 0.277 e. The van der Waals surface area contributed by atoms with Crippen molar-refractivity contribution in [3.63, 3.8) is 0 Å². The lowest BCUT2D eigenvalue weighted by Gasteiger charge is -2.39. The van der Waals surface area contributed by atoms with Gasteiger partial charge < -0.3 is 50.3 Å². The van der Waals surface area contributed by atoms with Crippen LogP contribution in [0.2, 0.25) is 0 Å². The Kier molecular flexibility index (Phi) is 10.3. The van der Waals surface area contributed by atoms with E-state index in [1.165, 1.54) is 24.3 Å². The van der Waals surface area contributed by atoms with Crippen molar-refractivity contribution in [2.45, 2.75) is 73.9 Å². The van der Waals surface area contributed by atoms with Gasteiger partial charge in [0.1, 0.15) is 48.8 Å². The van der Waals surface area contributed by atoms with Crippen molar-refractivity contribution in [1.82, 2.24) is 0 Å². The fraction of sp³-hybridized carbons (Fsp3) is 0.583. The number of nitrogens with zero attached hydrogens (tertiary/aromatic N) is 1. The lowest BCUT2D eigenvalue weighted by molar-refractivity contribution is -0.385. The molecular weight excluding hydrogens is 494 g/mol. The van der Waals surface area contributed by atoms with E-state index in [4.69, 9.17) is 9.47 Å². The number of rotatable bonds is 9. The molecule has 0 aliphatic carbocycles. The van der Waals surface area contributed by atoms with Crippen molar-refractivity contribution < 1.29 is 55.2 Å². The first-order valence-electron chi connectivity index (χ1n) is 11.8. The highest BCUT2D eigenvalue weighted by molar-refractivity contribution is 5.65. The van der Waals surface area contributed by atoms with E-state index < -0.39 is 79.2 Å². The van der Waals surface area contributed by atoms with Gasteiger partial charge in [-0.2, -0.15) is 0 Å². The van der Waals surface area contributed by atoms with Crippen LogP contribution in [0.15, 0.2) is 30.4 Å². The lowest BCUT2D eigenvalue weighted by Crippen LogP contribution is -2.58. The van der Waals surface area contributed by atoms with E-state index in [2.05, 4.69) is 0 Å². The fourth-order valence-corrected chi connectivity index (χ4v) is 4.38. The van der Waals surface area contributed by atoms with Crippen LogP contribution in [0.1, 0.15) is 24.0 Å². The average Bonchev–Trinajstić information content (AvgIpc) is 2.89. The third kappa shape index (κ3) is 6.78. The van der Waals surface area contributed by atoms with Crippen molar-refractivity contribution >= 4 is 17.8 Å². The Balaban J connectivity index is 1.66. The Bertz CT molecular complexity index is 967. The molecule has 1 aromatic carbocycles.